The number of alkyl halides is 6. The first-order valence-corrected chi connectivity index (χ1v) is 27.0. The normalized spacial score (nSPS) is 12.3. The van der Waals surface area contributed by atoms with Gasteiger partial charge in [-0.15, -0.1) is 0 Å². The number of hydrogen-bond donors (Lipinski definition) is 0. The summed E-state index contributed by atoms with van der Waals surface area (Å²) in [5.74, 6) is 1.34. The van der Waals surface area contributed by atoms with Gasteiger partial charge in [-0.2, -0.15) is 26.3 Å². The minimum atomic E-state index is -5.74. The van der Waals surface area contributed by atoms with Crippen molar-refractivity contribution in [2.45, 2.75) is 123 Å². The minimum absolute atomic E-state index is 0.0134. The van der Waals surface area contributed by atoms with E-state index in [2.05, 4.69) is 19.1 Å². The van der Waals surface area contributed by atoms with E-state index in [1.807, 2.05) is 96.1 Å². The molecule has 0 aliphatic rings. The van der Waals surface area contributed by atoms with Crippen molar-refractivity contribution in [3.63, 3.8) is 0 Å². The summed E-state index contributed by atoms with van der Waals surface area (Å²) in [5, 5.41) is 0. The number of hydrogen-bond acceptors (Lipinski definition) is 4. The molecule has 398 valence electrons. The largest absolute Gasteiger partial charge is 0.457 e. The molecule has 0 bridgehead atoms. The summed E-state index contributed by atoms with van der Waals surface area (Å²) in [6.07, 6.45) is -9.45. The van der Waals surface area contributed by atoms with Gasteiger partial charge in [-0.3, -0.25) is 4.79 Å². The fourth-order valence-corrected chi connectivity index (χ4v) is 11.7. The van der Waals surface area contributed by atoms with Crippen LogP contribution in [0.2, 0.25) is 0 Å². The Kier molecular flexibility index (Phi) is 15.5. The van der Waals surface area contributed by atoms with Gasteiger partial charge in [-0.05, 0) is 262 Å². The number of ketones is 1. The van der Waals surface area contributed by atoms with Crippen LogP contribution in [0.3, 0.4) is 0 Å². The van der Waals surface area contributed by atoms with Crippen LogP contribution in [0.25, 0.3) is 11.1 Å². The van der Waals surface area contributed by atoms with Crippen molar-refractivity contribution < 1.29 is 44.3 Å². The molecule has 4 nitrogen and oxygen atoms in total. The van der Waals surface area contributed by atoms with Gasteiger partial charge in [-0.25, -0.2) is 8.42 Å². The second-order valence-corrected chi connectivity index (χ2v) is 22.8. The Labute approximate surface area is 448 Å². The van der Waals surface area contributed by atoms with Gasteiger partial charge in [-0.1, -0.05) is 78.9 Å². The molecule has 11 heteroatoms. The van der Waals surface area contributed by atoms with Crippen LogP contribution >= 0.6 is 0 Å². The lowest BCUT2D eigenvalue weighted by molar-refractivity contribution is -0.288. The molecule has 0 aromatic heterocycles. The summed E-state index contributed by atoms with van der Waals surface area (Å²) in [5.41, 5.74) is 8.92. The van der Waals surface area contributed by atoms with Crippen LogP contribution in [0, 0.1) is 76.2 Å². The van der Waals surface area contributed by atoms with Crippen LogP contribution in [0.4, 0.5) is 26.3 Å². The van der Waals surface area contributed by atoms with Crippen LogP contribution < -0.4 is 4.74 Å². The third-order valence-electron chi connectivity index (χ3n) is 15.6. The molecule has 8 rings (SSSR count). The van der Waals surface area contributed by atoms with Crippen molar-refractivity contribution >= 4 is 15.6 Å². The van der Waals surface area contributed by atoms with Gasteiger partial charge >= 0.3 is 12.4 Å². The van der Waals surface area contributed by atoms with Gasteiger partial charge in [0.05, 0.1) is 9.79 Å². The standard InChI is InChI=1S/C66H62F6O4S/c1-38-12-15-51(28-41(38)4)63(73)52-19-18-49(44(7)29-52)16-17-50-20-23-57(33-45(50)8)76-58-32-43(6)48(11)54(36-58)35-53-37-60(24-14-40(53)3)77(74,75)59-25-27-62(47(10)34-59)61-26-22-56(31-46(61)9)64(65(67,68)69,66(70,71)72)55-21-13-39(2)42(5)30-55/h12-15,18-34,36-37H,16-17,35H2,1-11H3. The summed E-state index contributed by atoms with van der Waals surface area (Å²) in [7, 11) is -4.10. The Hall–Kier alpha value is -7.24. The Bertz CT molecular complexity index is 3720. The van der Waals surface area contributed by atoms with E-state index in [1.165, 1.54) is 55.3 Å². The average molecular weight is 1070 g/mol. The van der Waals surface area contributed by atoms with Crippen molar-refractivity contribution in [3.05, 3.63) is 245 Å². The third-order valence-corrected chi connectivity index (χ3v) is 17.3. The van der Waals surface area contributed by atoms with E-state index in [0.717, 1.165) is 87.2 Å². The number of benzene rings is 8. The van der Waals surface area contributed by atoms with Gasteiger partial charge in [0.25, 0.3) is 0 Å². The maximum absolute atomic E-state index is 15.0. The van der Waals surface area contributed by atoms with Gasteiger partial charge < -0.3 is 4.74 Å². The Morgan fingerprint density at radius 3 is 1.43 bits per heavy atom. The number of sulfone groups is 1. The number of ether oxygens (including phenoxy) is 1. The topological polar surface area (TPSA) is 60.4 Å². The van der Waals surface area contributed by atoms with Crippen LogP contribution in [-0.4, -0.2) is 26.6 Å². The molecule has 8 aromatic rings. The third kappa shape index (κ3) is 11.0. The predicted octanol–water partition coefficient (Wildman–Crippen LogP) is 17.4. The maximum Gasteiger partial charge on any atom is 0.411 e. The molecule has 0 fully saturated rings. The number of halogens is 6. The lowest BCUT2D eigenvalue weighted by Crippen LogP contribution is -2.54. The van der Waals surface area contributed by atoms with Gasteiger partial charge in [0, 0.05) is 11.1 Å². The van der Waals surface area contributed by atoms with Gasteiger partial charge in [0.1, 0.15) is 11.5 Å². The second-order valence-electron chi connectivity index (χ2n) is 20.8. The van der Waals surface area contributed by atoms with E-state index >= 15 is 26.3 Å². The van der Waals surface area contributed by atoms with Crippen molar-refractivity contribution in [2.24, 2.45) is 0 Å². The van der Waals surface area contributed by atoms with Crippen LogP contribution in [-0.2, 0) is 34.5 Å². The molecule has 0 spiro atoms. The van der Waals surface area contributed by atoms with E-state index in [9.17, 15) is 13.2 Å². The molecule has 0 unspecified atom stereocenters. The molecule has 8 aromatic carbocycles. The average Bonchev–Trinajstić information content (AvgIpc) is 3.35. The summed E-state index contributed by atoms with van der Waals surface area (Å²) in [6, 6.07) is 37.3. The molecule has 0 aliphatic heterocycles. The highest BCUT2D eigenvalue weighted by Gasteiger charge is 2.72. The predicted molar refractivity (Wildman–Crippen MR) is 295 cm³/mol. The van der Waals surface area contributed by atoms with Crippen molar-refractivity contribution in [1.82, 2.24) is 0 Å². The van der Waals surface area contributed by atoms with Crippen LogP contribution in [0.5, 0.6) is 11.5 Å². The molecule has 0 amide bonds. The number of rotatable bonds is 14. The Balaban J connectivity index is 0.983. The van der Waals surface area contributed by atoms with E-state index in [1.54, 1.807) is 32.0 Å². The second kappa shape index (κ2) is 21.3. The van der Waals surface area contributed by atoms with E-state index in [0.29, 0.717) is 56.9 Å². The highest BCUT2D eigenvalue weighted by atomic mass is 32.2. The fourth-order valence-electron chi connectivity index (χ4n) is 10.3. The molecular formula is C66H62F6O4S. The number of aryl methyl sites for hydroxylation is 12. The Morgan fingerprint density at radius 1 is 0.403 bits per heavy atom. The fraction of sp³-hybridized carbons (Fsp3) is 0.258. The van der Waals surface area contributed by atoms with Gasteiger partial charge in [0.2, 0.25) is 15.3 Å². The molecule has 0 aliphatic carbocycles. The quantitative estimate of drug-likeness (QED) is 0.0804. The summed E-state index contributed by atoms with van der Waals surface area (Å²) >= 11 is 0. The Morgan fingerprint density at radius 2 is 0.870 bits per heavy atom. The number of carbonyl (C=O) groups is 1. The molecule has 0 N–H and O–H groups in total. The smallest absolute Gasteiger partial charge is 0.411 e. The number of carbonyl (C=O) groups excluding carboxylic acids is 1. The zero-order chi connectivity index (χ0) is 56.1. The van der Waals surface area contributed by atoms with Crippen molar-refractivity contribution in [2.75, 3.05) is 0 Å². The molecule has 0 radical (unpaired) electrons. The first-order valence-electron chi connectivity index (χ1n) is 25.5. The highest BCUT2D eigenvalue weighted by Crippen LogP contribution is 2.57. The lowest BCUT2D eigenvalue weighted by Gasteiger charge is -2.39. The SMILES string of the molecule is Cc1ccc(C(=O)c2ccc(CCc3ccc(Oc4cc(C)c(C)c(Cc5cc(S(=O)(=O)c6ccc(-c7ccc(C(c8ccc(C)c(C)c8)(C(F)(F)F)C(F)(F)F)cc7C)c(C)c6)ccc5C)c4)cc3C)c(C)c2)cc1C. The van der Waals surface area contributed by atoms with E-state index in [4.69, 9.17) is 4.74 Å². The summed E-state index contributed by atoms with van der Waals surface area (Å²) in [6.45, 7) is 20.3. The molecule has 77 heavy (non-hydrogen) atoms. The van der Waals surface area contributed by atoms with Crippen molar-refractivity contribution in [3.8, 4) is 22.6 Å². The molecule has 0 saturated carbocycles. The highest BCUT2D eigenvalue weighted by molar-refractivity contribution is 7.91. The summed E-state index contributed by atoms with van der Waals surface area (Å²) in [4.78, 5) is 13.3. The van der Waals surface area contributed by atoms with Gasteiger partial charge in [0.15, 0.2) is 5.78 Å². The van der Waals surface area contributed by atoms with Crippen LogP contribution in [0.1, 0.15) is 111 Å². The molecular weight excluding hydrogens is 1000 g/mol. The first kappa shape index (κ1) is 56.0. The molecule has 0 heterocycles. The summed E-state index contributed by atoms with van der Waals surface area (Å²) < 4.78 is 125. The van der Waals surface area contributed by atoms with Crippen molar-refractivity contribution in [1.29, 1.82) is 0 Å². The molecule has 0 atom stereocenters. The lowest BCUT2D eigenvalue weighted by atomic mass is 9.71. The minimum Gasteiger partial charge on any atom is -0.457 e. The van der Waals surface area contributed by atoms with Crippen LogP contribution in [0.15, 0.2) is 149 Å². The monoisotopic (exact) mass is 1060 g/mol. The zero-order valence-electron chi connectivity index (χ0n) is 45.2. The van der Waals surface area contributed by atoms with E-state index < -0.39 is 38.7 Å². The molecule has 0 saturated heterocycles. The zero-order valence-corrected chi connectivity index (χ0v) is 46.0. The first-order chi connectivity index (χ1) is 36.1. The van der Waals surface area contributed by atoms with E-state index in [-0.39, 0.29) is 21.1 Å². The maximum atomic E-state index is 15.0.